The highest BCUT2D eigenvalue weighted by atomic mass is 32.2. The molecule has 4 rings (SSSR count). The lowest BCUT2D eigenvalue weighted by atomic mass is 9.96. The van der Waals surface area contributed by atoms with Crippen LogP contribution >= 0.6 is 0 Å². The normalized spacial score (nSPS) is 19.1. The molecule has 3 heterocycles. The number of nitrogens with one attached hydrogen (secondary N) is 1. The summed E-state index contributed by atoms with van der Waals surface area (Å²) in [4.78, 5) is 27.2. The van der Waals surface area contributed by atoms with Crippen molar-refractivity contribution in [2.24, 2.45) is 5.92 Å². The summed E-state index contributed by atoms with van der Waals surface area (Å²) in [7, 11) is -3.53. The number of carbonyl (C=O) groups is 2. The zero-order chi connectivity index (χ0) is 22.7. The first-order valence-corrected chi connectivity index (χ1v) is 12.5. The molecule has 0 unspecified atom stereocenters. The van der Waals surface area contributed by atoms with Gasteiger partial charge in [0.25, 0.3) is 5.91 Å². The maximum absolute atomic E-state index is 12.8. The number of furan rings is 1. The van der Waals surface area contributed by atoms with Crippen molar-refractivity contribution in [2.75, 3.05) is 26.2 Å². The van der Waals surface area contributed by atoms with Crippen molar-refractivity contribution in [3.63, 3.8) is 0 Å². The van der Waals surface area contributed by atoms with Gasteiger partial charge in [-0.15, -0.1) is 0 Å². The van der Waals surface area contributed by atoms with Gasteiger partial charge in [0.15, 0.2) is 5.76 Å². The summed E-state index contributed by atoms with van der Waals surface area (Å²) in [5, 5.41) is 3.11. The first-order valence-electron chi connectivity index (χ1n) is 11.0. The first-order chi connectivity index (χ1) is 15.3. The Hall–Kier alpha value is -2.65. The molecule has 0 radical (unpaired) electrons. The van der Waals surface area contributed by atoms with E-state index in [0.717, 1.165) is 5.56 Å². The van der Waals surface area contributed by atoms with Crippen molar-refractivity contribution in [3.05, 3.63) is 54.0 Å². The Morgan fingerprint density at radius 2 is 1.62 bits per heavy atom. The van der Waals surface area contributed by atoms with Gasteiger partial charge in [0.1, 0.15) is 0 Å². The van der Waals surface area contributed by atoms with Crippen LogP contribution in [0.3, 0.4) is 0 Å². The molecule has 1 aromatic heterocycles. The third kappa shape index (κ3) is 4.88. The van der Waals surface area contributed by atoms with Gasteiger partial charge >= 0.3 is 0 Å². The Morgan fingerprint density at radius 3 is 2.22 bits per heavy atom. The quantitative estimate of drug-likeness (QED) is 0.740. The minimum absolute atomic E-state index is 0.0202. The molecule has 0 spiro atoms. The summed E-state index contributed by atoms with van der Waals surface area (Å²) < 4.78 is 32.3. The molecule has 32 heavy (non-hydrogen) atoms. The molecule has 0 bridgehead atoms. The molecule has 2 fully saturated rings. The van der Waals surface area contributed by atoms with E-state index in [1.54, 1.807) is 41.3 Å². The molecule has 0 aliphatic carbocycles. The average Bonchev–Trinajstić information content (AvgIpc) is 3.34. The van der Waals surface area contributed by atoms with Crippen LogP contribution in [0.4, 0.5) is 0 Å². The van der Waals surface area contributed by atoms with Gasteiger partial charge in [-0.25, -0.2) is 8.42 Å². The van der Waals surface area contributed by atoms with Crippen LogP contribution in [0.25, 0.3) is 0 Å². The summed E-state index contributed by atoms with van der Waals surface area (Å²) in [6.07, 6.45) is 3.88. The molecule has 2 saturated heterocycles. The number of hydrogen-bond acceptors (Lipinski definition) is 5. The zero-order valence-corrected chi connectivity index (χ0v) is 19.0. The van der Waals surface area contributed by atoms with Gasteiger partial charge in [-0.1, -0.05) is 17.7 Å². The molecule has 1 aromatic carbocycles. The van der Waals surface area contributed by atoms with Crippen LogP contribution in [0.15, 0.2) is 52.0 Å². The van der Waals surface area contributed by atoms with Crippen LogP contribution in [-0.2, 0) is 14.8 Å². The lowest BCUT2D eigenvalue weighted by Gasteiger charge is -2.34. The number of carbonyl (C=O) groups excluding carboxylic acids is 2. The van der Waals surface area contributed by atoms with Crippen LogP contribution < -0.4 is 5.32 Å². The van der Waals surface area contributed by atoms with E-state index in [2.05, 4.69) is 5.32 Å². The standard InChI is InChI=1S/C23H29N3O5S/c1-17-4-6-20(7-5-17)32(29,30)26-14-8-18(9-15-26)22(27)24-19-10-12-25(13-11-19)23(28)21-3-2-16-31-21/h2-7,16,18-19H,8-15H2,1H3,(H,24,27). The monoisotopic (exact) mass is 459 g/mol. The Labute approximate surface area is 188 Å². The number of likely N-dealkylation sites (tertiary alicyclic amines) is 1. The third-order valence-corrected chi connectivity index (χ3v) is 8.26. The van der Waals surface area contributed by atoms with E-state index in [1.807, 2.05) is 6.92 Å². The molecule has 2 aromatic rings. The topological polar surface area (TPSA) is 99.9 Å². The Balaban J connectivity index is 1.24. The van der Waals surface area contributed by atoms with E-state index in [1.165, 1.54) is 10.6 Å². The van der Waals surface area contributed by atoms with Crippen molar-refractivity contribution in [1.29, 1.82) is 0 Å². The summed E-state index contributed by atoms with van der Waals surface area (Å²) in [5.41, 5.74) is 1.01. The number of amides is 2. The van der Waals surface area contributed by atoms with Gasteiger partial charge in [0.05, 0.1) is 11.2 Å². The maximum Gasteiger partial charge on any atom is 0.289 e. The smallest absolute Gasteiger partial charge is 0.289 e. The zero-order valence-electron chi connectivity index (χ0n) is 18.2. The summed E-state index contributed by atoms with van der Waals surface area (Å²) in [5.74, 6) is -0.00258. The van der Waals surface area contributed by atoms with Crippen molar-refractivity contribution in [3.8, 4) is 0 Å². The Kier molecular flexibility index (Phi) is 6.66. The highest BCUT2D eigenvalue weighted by molar-refractivity contribution is 7.89. The molecule has 8 nitrogen and oxygen atoms in total. The molecule has 0 atom stereocenters. The predicted octanol–water partition coefficient (Wildman–Crippen LogP) is 2.41. The van der Waals surface area contributed by atoms with Crippen LogP contribution in [0.1, 0.15) is 41.8 Å². The molecule has 172 valence electrons. The van der Waals surface area contributed by atoms with Crippen molar-refractivity contribution in [1.82, 2.24) is 14.5 Å². The van der Waals surface area contributed by atoms with Gasteiger partial charge in [-0.3, -0.25) is 9.59 Å². The summed E-state index contributed by atoms with van der Waals surface area (Å²) in [6, 6.07) is 10.2. The highest BCUT2D eigenvalue weighted by Crippen LogP contribution is 2.25. The maximum atomic E-state index is 12.8. The molecule has 0 saturated carbocycles. The molecule has 9 heteroatoms. The van der Waals surface area contributed by atoms with Crippen molar-refractivity contribution >= 4 is 21.8 Å². The average molecular weight is 460 g/mol. The third-order valence-electron chi connectivity index (χ3n) is 6.34. The molecule has 1 N–H and O–H groups in total. The Bertz CT molecular complexity index is 1030. The largest absolute Gasteiger partial charge is 0.459 e. The fourth-order valence-electron chi connectivity index (χ4n) is 4.32. The van der Waals surface area contributed by atoms with Gasteiger partial charge in [-0.05, 0) is 56.9 Å². The molecule has 2 aliphatic heterocycles. The number of piperidine rings is 2. The number of nitrogens with zero attached hydrogens (tertiary/aromatic N) is 2. The van der Waals surface area contributed by atoms with E-state index < -0.39 is 10.0 Å². The van der Waals surface area contributed by atoms with Crippen molar-refractivity contribution in [2.45, 2.75) is 43.5 Å². The summed E-state index contributed by atoms with van der Waals surface area (Å²) >= 11 is 0. The van der Waals surface area contributed by atoms with Crippen molar-refractivity contribution < 1.29 is 22.4 Å². The van der Waals surface area contributed by atoms with Gasteiger partial charge in [0.2, 0.25) is 15.9 Å². The van der Waals surface area contributed by atoms with E-state index in [0.29, 0.717) is 62.5 Å². The van der Waals surface area contributed by atoms with E-state index in [9.17, 15) is 18.0 Å². The SMILES string of the molecule is Cc1ccc(S(=O)(=O)N2CCC(C(=O)NC3CCN(C(=O)c4ccco4)CC3)CC2)cc1. The second kappa shape index (κ2) is 9.46. The highest BCUT2D eigenvalue weighted by Gasteiger charge is 2.33. The number of sulfonamides is 1. The van der Waals surface area contributed by atoms with Crippen LogP contribution in [0, 0.1) is 12.8 Å². The molecular formula is C23H29N3O5S. The van der Waals surface area contributed by atoms with E-state index in [-0.39, 0.29) is 23.8 Å². The number of hydrogen-bond donors (Lipinski definition) is 1. The van der Waals surface area contributed by atoms with Crippen LogP contribution in [0.5, 0.6) is 0 Å². The molecular weight excluding hydrogens is 430 g/mol. The summed E-state index contributed by atoms with van der Waals surface area (Å²) in [6.45, 7) is 3.73. The second-order valence-electron chi connectivity index (χ2n) is 8.54. The molecule has 2 amide bonds. The Morgan fingerprint density at radius 1 is 0.969 bits per heavy atom. The fraction of sp³-hybridized carbons (Fsp3) is 0.478. The van der Waals surface area contributed by atoms with Gasteiger partial charge < -0.3 is 14.6 Å². The fourth-order valence-corrected chi connectivity index (χ4v) is 5.79. The van der Waals surface area contributed by atoms with Gasteiger partial charge in [-0.2, -0.15) is 4.31 Å². The van der Waals surface area contributed by atoms with E-state index >= 15 is 0 Å². The second-order valence-corrected chi connectivity index (χ2v) is 10.5. The number of aryl methyl sites for hydroxylation is 1. The van der Waals surface area contributed by atoms with Crippen LogP contribution in [-0.4, -0.2) is 61.7 Å². The van der Waals surface area contributed by atoms with E-state index in [4.69, 9.17) is 4.42 Å². The van der Waals surface area contributed by atoms with Crippen LogP contribution in [0.2, 0.25) is 0 Å². The number of benzene rings is 1. The minimum atomic E-state index is -3.53. The molecule has 2 aliphatic rings. The predicted molar refractivity (Wildman–Crippen MR) is 118 cm³/mol. The first kappa shape index (κ1) is 22.5. The lowest BCUT2D eigenvalue weighted by molar-refractivity contribution is -0.127. The number of rotatable bonds is 5. The van der Waals surface area contributed by atoms with Gasteiger partial charge in [0, 0.05) is 38.1 Å². The lowest BCUT2D eigenvalue weighted by Crippen LogP contribution is -2.49. The minimum Gasteiger partial charge on any atom is -0.459 e.